The van der Waals surface area contributed by atoms with Gasteiger partial charge in [-0.1, -0.05) is 0 Å². The third kappa shape index (κ3) is 2.44. The minimum absolute atomic E-state index is 0.0750. The summed E-state index contributed by atoms with van der Waals surface area (Å²) in [5, 5.41) is 10.7. The lowest BCUT2D eigenvalue weighted by atomic mass is 10.2. The lowest BCUT2D eigenvalue weighted by molar-refractivity contribution is 0.0690. The van der Waals surface area contributed by atoms with Crippen LogP contribution >= 0.6 is 11.3 Å². The van der Waals surface area contributed by atoms with Crippen LogP contribution in [0.1, 0.15) is 15.4 Å². The molecular formula is C11H6F4N2O2S. The van der Waals surface area contributed by atoms with Crippen molar-refractivity contribution in [1.29, 1.82) is 0 Å². The molecule has 0 unspecified atom stereocenters. The molecule has 0 atom stereocenters. The zero-order valence-corrected chi connectivity index (χ0v) is 10.6. The minimum Gasteiger partial charge on any atom is -0.476 e. The molecule has 0 radical (unpaired) electrons. The van der Waals surface area contributed by atoms with Gasteiger partial charge in [-0.3, -0.25) is 0 Å². The summed E-state index contributed by atoms with van der Waals surface area (Å²) in [5.74, 6) is -7.70. The Morgan fingerprint density at radius 3 is 2.25 bits per heavy atom. The van der Waals surface area contributed by atoms with E-state index in [9.17, 15) is 22.4 Å². The number of benzene rings is 1. The average molecular weight is 306 g/mol. The molecular weight excluding hydrogens is 300 g/mol. The fourth-order valence-corrected chi connectivity index (χ4v) is 2.25. The Kier molecular flexibility index (Phi) is 3.62. The highest BCUT2D eigenvalue weighted by Gasteiger charge is 2.21. The topological polar surface area (TPSA) is 62.2 Å². The van der Waals surface area contributed by atoms with Crippen LogP contribution < -0.4 is 5.32 Å². The molecule has 0 aliphatic heterocycles. The van der Waals surface area contributed by atoms with Crippen LogP contribution in [-0.2, 0) is 0 Å². The maximum absolute atomic E-state index is 13.4. The van der Waals surface area contributed by atoms with Crippen molar-refractivity contribution < 1.29 is 27.5 Å². The van der Waals surface area contributed by atoms with Crippen molar-refractivity contribution in [3.8, 4) is 0 Å². The van der Waals surface area contributed by atoms with Crippen molar-refractivity contribution in [3.05, 3.63) is 39.9 Å². The summed E-state index contributed by atoms with van der Waals surface area (Å²) >= 11 is 0.785. The lowest BCUT2D eigenvalue weighted by Gasteiger charge is -2.07. The second-order valence-electron chi connectivity index (χ2n) is 3.70. The van der Waals surface area contributed by atoms with Gasteiger partial charge < -0.3 is 10.4 Å². The first-order valence-corrected chi connectivity index (χ1v) is 5.93. The number of nitrogens with zero attached hydrogens (tertiary/aromatic N) is 1. The number of aromatic carboxylic acids is 1. The number of halogens is 4. The Morgan fingerprint density at radius 1 is 1.25 bits per heavy atom. The van der Waals surface area contributed by atoms with Gasteiger partial charge in [0.1, 0.15) is 5.69 Å². The van der Waals surface area contributed by atoms with Crippen LogP contribution in [0.3, 0.4) is 0 Å². The maximum Gasteiger partial charge on any atom is 0.355 e. The first kappa shape index (κ1) is 14.3. The van der Waals surface area contributed by atoms with E-state index >= 15 is 0 Å². The molecule has 2 N–H and O–H groups in total. The molecule has 0 fully saturated rings. The number of nitrogens with one attached hydrogen (secondary N) is 1. The highest BCUT2D eigenvalue weighted by Crippen LogP contribution is 2.30. The molecule has 20 heavy (non-hydrogen) atoms. The van der Waals surface area contributed by atoms with Gasteiger partial charge in [-0.2, -0.15) is 0 Å². The van der Waals surface area contributed by atoms with E-state index in [1.54, 1.807) is 0 Å². The smallest absolute Gasteiger partial charge is 0.355 e. The number of carboxylic acids is 1. The number of anilines is 2. The lowest BCUT2D eigenvalue weighted by Crippen LogP contribution is -2.03. The van der Waals surface area contributed by atoms with Crippen LogP contribution in [0.15, 0.2) is 6.07 Å². The summed E-state index contributed by atoms with van der Waals surface area (Å²) in [4.78, 5) is 14.6. The number of aryl methyl sites for hydroxylation is 1. The van der Waals surface area contributed by atoms with E-state index < -0.39 is 34.9 Å². The molecule has 0 bridgehead atoms. The summed E-state index contributed by atoms with van der Waals surface area (Å²) < 4.78 is 52.8. The first-order valence-electron chi connectivity index (χ1n) is 5.12. The van der Waals surface area contributed by atoms with E-state index in [4.69, 9.17) is 5.11 Å². The maximum atomic E-state index is 13.4. The van der Waals surface area contributed by atoms with E-state index in [0.29, 0.717) is 0 Å². The van der Waals surface area contributed by atoms with E-state index in [1.807, 2.05) is 0 Å². The second-order valence-corrected chi connectivity index (χ2v) is 4.90. The zero-order chi connectivity index (χ0) is 15.0. The summed E-state index contributed by atoms with van der Waals surface area (Å²) in [6.07, 6.45) is 0. The number of rotatable bonds is 3. The molecule has 0 aliphatic rings. The predicted octanol–water partition coefficient (Wildman–Crippen LogP) is 3.45. The summed E-state index contributed by atoms with van der Waals surface area (Å²) in [6.45, 7) is 1.44. The highest BCUT2D eigenvalue weighted by atomic mass is 32.1. The third-order valence-electron chi connectivity index (χ3n) is 2.34. The van der Waals surface area contributed by atoms with Gasteiger partial charge in [-0.25, -0.2) is 27.3 Å². The molecule has 0 spiro atoms. The number of carboxylic acid groups (broad SMARTS) is 1. The van der Waals surface area contributed by atoms with Crippen molar-refractivity contribution in [2.45, 2.75) is 6.92 Å². The highest BCUT2D eigenvalue weighted by molar-refractivity contribution is 7.15. The number of aromatic nitrogens is 1. The molecule has 0 saturated heterocycles. The average Bonchev–Trinajstić information content (AvgIpc) is 2.73. The fraction of sp³-hybridized carbons (Fsp3) is 0.0909. The van der Waals surface area contributed by atoms with Gasteiger partial charge in [0, 0.05) is 10.9 Å². The predicted molar refractivity (Wildman–Crippen MR) is 63.4 cm³/mol. The number of thiazole rings is 1. The van der Waals surface area contributed by atoms with Gasteiger partial charge in [0.05, 0.1) is 0 Å². The standard InChI is InChI=1S/C11H6F4N2O2S/c1-3-8(10(18)19)16-11(20-3)17-9-6(14)4(12)2-5(13)7(9)15/h2H,1H3,(H,16,17)(H,18,19). The fourth-order valence-electron chi connectivity index (χ4n) is 1.44. The molecule has 1 aromatic heterocycles. The van der Waals surface area contributed by atoms with Crippen molar-refractivity contribution in [2.75, 3.05) is 5.32 Å². The Bertz CT molecular complexity index is 676. The van der Waals surface area contributed by atoms with Gasteiger partial charge in [0.25, 0.3) is 0 Å². The van der Waals surface area contributed by atoms with Crippen LogP contribution in [0, 0.1) is 30.2 Å². The second kappa shape index (κ2) is 5.08. The van der Waals surface area contributed by atoms with Crippen LogP contribution in [0.2, 0.25) is 0 Å². The van der Waals surface area contributed by atoms with E-state index in [1.165, 1.54) is 6.92 Å². The molecule has 9 heteroatoms. The van der Waals surface area contributed by atoms with Crippen molar-refractivity contribution in [2.24, 2.45) is 0 Å². The van der Waals surface area contributed by atoms with Gasteiger partial charge in [-0.05, 0) is 6.92 Å². The molecule has 0 saturated carbocycles. The Labute approximate surface area is 113 Å². The van der Waals surface area contributed by atoms with Crippen LogP contribution in [0.4, 0.5) is 28.4 Å². The molecule has 2 aromatic rings. The van der Waals surface area contributed by atoms with Crippen molar-refractivity contribution in [1.82, 2.24) is 4.98 Å². The molecule has 1 aromatic carbocycles. The Morgan fingerprint density at radius 2 is 1.80 bits per heavy atom. The van der Waals surface area contributed by atoms with E-state index in [2.05, 4.69) is 10.3 Å². The largest absolute Gasteiger partial charge is 0.476 e. The monoisotopic (exact) mass is 306 g/mol. The molecule has 0 aliphatic carbocycles. The Hall–Kier alpha value is -2.16. The summed E-state index contributed by atoms with van der Waals surface area (Å²) in [5.41, 5.74) is -1.37. The van der Waals surface area contributed by atoms with Crippen molar-refractivity contribution in [3.63, 3.8) is 0 Å². The quantitative estimate of drug-likeness (QED) is 0.673. The van der Waals surface area contributed by atoms with Crippen LogP contribution in [0.5, 0.6) is 0 Å². The molecule has 2 rings (SSSR count). The van der Waals surface area contributed by atoms with E-state index in [0.717, 1.165) is 11.3 Å². The summed E-state index contributed by atoms with van der Waals surface area (Å²) in [6, 6.07) is 0.0750. The summed E-state index contributed by atoms with van der Waals surface area (Å²) in [7, 11) is 0. The number of hydrogen-bond donors (Lipinski definition) is 2. The zero-order valence-electron chi connectivity index (χ0n) is 9.80. The van der Waals surface area contributed by atoms with Gasteiger partial charge in [0.2, 0.25) is 0 Å². The number of hydrogen-bond acceptors (Lipinski definition) is 4. The first-order chi connectivity index (χ1) is 9.31. The molecule has 106 valence electrons. The number of carbonyl (C=O) groups is 1. The van der Waals surface area contributed by atoms with Gasteiger partial charge in [0.15, 0.2) is 34.1 Å². The molecule has 0 amide bonds. The minimum atomic E-state index is -1.62. The van der Waals surface area contributed by atoms with Gasteiger partial charge in [-0.15, -0.1) is 11.3 Å². The normalized spacial score (nSPS) is 10.7. The van der Waals surface area contributed by atoms with Crippen LogP contribution in [0.25, 0.3) is 0 Å². The third-order valence-corrected chi connectivity index (χ3v) is 3.23. The Balaban J connectivity index is 2.45. The van der Waals surface area contributed by atoms with Crippen molar-refractivity contribution >= 4 is 28.1 Å². The van der Waals surface area contributed by atoms with Gasteiger partial charge >= 0.3 is 5.97 Å². The molecule has 1 heterocycles. The van der Waals surface area contributed by atoms with E-state index in [-0.39, 0.29) is 21.8 Å². The molecule has 4 nitrogen and oxygen atoms in total. The van der Waals surface area contributed by atoms with Crippen LogP contribution in [-0.4, -0.2) is 16.1 Å². The SMILES string of the molecule is Cc1sc(Nc2c(F)c(F)cc(F)c2F)nc1C(=O)O.